The molecule has 1 atom stereocenters. The van der Waals surface area contributed by atoms with Crippen LogP contribution in [0.2, 0.25) is 0 Å². The number of rotatable bonds is 5. The summed E-state index contributed by atoms with van der Waals surface area (Å²) >= 11 is 1.60. The number of thiophene rings is 1. The van der Waals surface area contributed by atoms with Gasteiger partial charge in [-0.15, -0.1) is 11.3 Å². The zero-order chi connectivity index (χ0) is 14.7. The van der Waals surface area contributed by atoms with Crippen molar-refractivity contribution < 1.29 is 4.52 Å². The summed E-state index contributed by atoms with van der Waals surface area (Å²) in [6.07, 6.45) is 3.66. The standard InChI is InChI=1S/C15H16N4OS/c1-11(12-5-3-7-16-9-12)19(2)10-14-17-15(18-20-14)13-6-4-8-21-13/h3-9,11H,10H2,1-2H3/t11-/m1/s1. The predicted octanol–water partition coefficient (Wildman–Crippen LogP) is 3.39. The van der Waals surface area contributed by atoms with Crippen LogP contribution in [0.1, 0.15) is 24.4 Å². The monoisotopic (exact) mass is 300 g/mol. The summed E-state index contributed by atoms with van der Waals surface area (Å²) in [6, 6.07) is 8.21. The average Bonchev–Trinajstić information content (AvgIpc) is 3.18. The van der Waals surface area contributed by atoms with Gasteiger partial charge < -0.3 is 4.52 Å². The molecular weight excluding hydrogens is 284 g/mol. The molecule has 0 spiro atoms. The Balaban J connectivity index is 1.69. The van der Waals surface area contributed by atoms with Gasteiger partial charge in [-0.3, -0.25) is 9.88 Å². The maximum Gasteiger partial charge on any atom is 0.241 e. The molecule has 0 saturated carbocycles. The van der Waals surface area contributed by atoms with E-state index in [2.05, 4.69) is 33.0 Å². The van der Waals surface area contributed by atoms with Crippen LogP contribution in [-0.4, -0.2) is 27.1 Å². The minimum absolute atomic E-state index is 0.232. The zero-order valence-corrected chi connectivity index (χ0v) is 12.7. The van der Waals surface area contributed by atoms with Crippen molar-refractivity contribution in [3.8, 4) is 10.7 Å². The largest absolute Gasteiger partial charge is 0.338 e. The molecular formula is C15H16N4OS. The second-order valence-corrected chi connectivity index (χ2v) is 5.81. The minimum Gasteiger partial charge on any atom is -0.338 e. The topological polar surface area (TPSA) is 55.1 Å². The Morgan fingerprint density at radius 2 is 2.24 bits per heavy atom. The van der Waals surface area contributed by atoms with Crippen LogP contribution in [-0.2, 0) is 6.54 Å². The lowest BCUT2D eigenvalue weighted by atomic mass is 10.1. The van der Waals surface area contributed by atoms with Crippen molar-refractivity contribution in [2.24, 2.45) is 0 Å². The SMILES string of the molecule is C[C@H](c1cccnc1)N(C)Cc1nc(-c2cccs2)no1. The molecule has 0 amide bonds. The van der Waals surface area contributed by atoms with Gasteiger partial charge in [-0.1, -0.05) is 17.3 Å². The molecule has 21 heavy (non-hydrogen) atoms. The molecule has 3 heterocycles. The fourth-order valence-corrected chi connectivity index (χ4v) is 2.70. The van der Waals surface area contributed by atoms with E-state index in [1.54, 1.807) is 17.5 Å². The van der Waals surface area contributed by atoms with Crippen LogP contribution in [0.5, 0.6) is 0 Å². The van der Waals surface area contributed by atoms with Gasteiger partial charge in [0.25, 0.3) is 0 Å². The van der Waals surface area contributed by atoms with Crippen molar-refractivity contribution in [1.82, 2.24) is 20.0 Å². The molecule has 0 aliphatic heterocycles. The quantitative estimate of drug-likeness (QED) is 0.723. The van der Waals surface area contributed by atoms with Gasteiger partial charge in [0.2, 0.25) is 11.7 Å². The predicted molar refractivity (Wildman–Crippen MR) is 81.7 cm³/mol. The molecule has 0 saturated heterocycles. The third kappa shape index (κ3) is 3.17. The molecule has 0 aromatic carbocycles. The van der Waals surface area contributed by atoms with Crippen LogP contribution in [0.15, 0.2) is 46.6 Å². The van der Waals surface area contributed by atoms with E-state index < -0.39 is 0 Å². The molecule has 3 rings (SSSR count). The zero-order valence-electron chi connectivity index (χ0n) is 11.9. The highest BCUT2D eigenvalue weighted by molar-refractivity contribution is 7.13. The van der Waals surface area contributed by atoms with E-state index in [4.69, 9.17) is 4.52 Å². The summed E-state index contributed by atoms with van der Waals surface area (Å²) in [5, 5.41) is 6.03. The highest BCUT2D eigenvalue weighted by Crippen LogP contribution is 2.23. The fourth-order valence-electron chi connectivity index (χ4n) is 2.05. The summed E-state index contributed by atoms with van der Waals surface area (Å²) < 4.78 is 5.33. The van der Waals surface area contributed by atoms with Gasteiger partial charge >= 0.3 is 0 Å². The molecule has 3 aromatic heterocycles. The number of hydrogen-bond acceptors (Lipinski definition) is 6. The van der Waals surface area contributed by atoms with Crippen molar-refractivity contribution >= 4 is 11.3 Å². The molecule has 0 unspecified atom stereocenters. The van der Waals surface area contributed by atoms with Crippen molar-refractivity contribution in [1.29, 1.82) is 0 Å². The number of pyridine rings is 1. The Hall–Kier alpha value is -2.05. The second kappa shape index (κ2) is 6.15. The Morgan fingerprint density at radius 1 is 1.33 bits per heavy atom. The van der Waals surface area contributed by atoms with Gasteiger partial charge in [0.15, 0.2) is 0 Å². The summed E-state index contributed by atoms with van der Waals surface area (Å²) in [5.41, 5.74) is 1.16. The molecule has 5 nitrogen and oxygen atoms in total. The van der Waals surface area contributed by atoms with Gasteiger partial charge in [0.05, 0.1) is 11.4 Å². The lowest BCUT2D eigenvalue weighted by Gasteiger charge is -2.22. The Kier molecular flexibility index (Phi) is 4.08. The van der Waals surface area contributed by atoms with E-state index >= 15 is 0 Å². The van der Waals surface area contributed by atoms with Crippen molar-refractivity contribution in [3.63, 3.8) is 0 Å². The number of aromatic nitrogens is 3. The van der Waals surface area contributed by atoms with Crippen LogP contribution >= 0.6 is 11.3 Å². The van der Waals surface area contributed by atoms with Gasteiger partial charge in [0, 0.05) is 18.4 Å². The van der Waals surface area contributed by atoms with Crippen LogP contribution in [0.3, 0.4) is 0 Å². The molecule has 3 aromatic rings. The van der Waals surface area contributed by atoms with Gasteiger partial charge in [-0.25, -0.2) is 0 Å². The van der Waals surface area contributed by atoms with E-state index in [-0.39, 0.29) is 6.04 Å². The summed E-state index contributed by atoms with van der Waals surface area (Å²) in [5.74, 6) is 1.28. The molecule has 108 valence electrons. The highest BCUT2D eigenvalue weighted by atomic mass is 32.1. The number of nitrogens with zero attached hydrogens (tertiary/aromatic N) is 4. The van der Waals surface area contributed by atoms with Crippen LogP contribution in [0.25, 0.3) is 10.7 Å². The molecule has 6 heteroatoms. The maximum atomic E-state index is 5.33. The first kappa shape index (κ1) is 13.9. The van der Waals surface area contributed by atoms with Crippen LogP contribution in [0, 0.1) is 0 Å². The molecule has 0 fully saturated rings. The van der Waals surface area contributed by atoms with Crippen LogP contribution in [0.4, 0.5) is 0 Å². The first-order valence-electron chi connectivity index (χ1n) is 6.70. The molecule has 0 N–H and O–H groups in total. The Labute approximate surface area is 127 Å². The third-order valence-corrected chi connectivity index (χ3v) is 4.29. The summed E-state index contributed by atoms with van der Waals surface area (Å²) in [6.45, 7) is 2.74. The number of hydrogen-bond donors (Lipinski definition) is 0. The Bertz CT molecular complexity index is 681. The summed E-state index contributed by atoms with van der Waals surface area (Å²) in [7, 11) is 2.03. The molecule has 0 radical (unpaired) electrons. The lowest BCUT2D eigenvalue weighted by Crippen LogP contribution is -2.22. The fraction of sp³-hybridized carbons (Fsp3) is 0.267. The molecule has 0 bridgehead atoms. The maximum absolute atomic E-state index is 5.33. The van der Waals surface area contributed by atoms with Crippen molar-refractivity contribution in [2.75, 3.05) is 7.05 Å². The smallest absolute Gasteiger partial charge is 0.241 e. The summed E-state index contributed by atoms with van der Waals surface area (Å²) in [4.78, 5) is 11.8. The van der Waals surface area contributed by atoms with Crippen LogP contribution < -0.4 is 0 Å². The molecule has 0 aliphatic rings. The van der Waals surface area contributed by atoms with E-state index in [0.29, 0.717) is 18.3 Å². The average molecular weight is 300 g/mol. The highest BCUT2D eigenvalue weighted by Gasteiger charge is 2.16. The van der Waals surface area contributed by atoms with E-state index in [9.17, 15) is 0 Å². The third-order valence-electron chi connectivity index (χ3n) is 3.42. The van der Waals surface area contributed by atoms with Crippen molar-refractivity contribution in [3.05, 3.63) is 53.5 Å². The molecule has 0 aliphatic carbocycles. The van der Waals surface area contributed by atoms with Gasteiger partial charge in [-0.2, -0.15) is 4.98 Å². The first-order valence-corrected chi connectivity index (χ1v) is 7.58. The first-order chi connectivity index (χ1) is 10.2. The normalized spacial score (nSPS) is 12.7. The van der Waals surface area contributed by atoms with Gasteiger partial charge in [-0.05, 0) is 37.0 Å². The second-order valence-electron chi connectivity index (χ2n) is 4.87. The van der Waals surface area contributed by atoms with E-state index in [1.165, 1.54) is 0 Å². The minimum atomic E-state index is 0.232. The van der Waals surface area contributed by atoms with Gasteiger partial charge in [0.1, 0.15) is 0 Å². The van der Waals surface area contributed by atoms with Crippen molar-refractivity contribution in [2.45, 2.75) is 19.5 Å². The Morgan fingerprint density at radius 3 is 2.95 bits per heavy atom. The van der Waals surface area contributed by atoms with E-state index in [1.807, 2.05) is 36.8 Å². The van der Waals surface area contributed by atoms with E-state index in [0.717, 1.165) is 10.4 Å². The lowest BCUT2D eigenvalue weighted by molar-refractivity contribution is 0.216.